The number of primary amides is 1. The predicted molar refractivity (Wildman–Crippen MR) is 50.9 cm³/mol. The van der Waals surface area contributed by atoms with Crippen molar-refractivity contribution in [2.75, 3.05) is 0 Å². The summed E-state index contributed by atoms with van der Waals surface area (Å²) >= 11 is 0. The van der Waals surface area contributed by atoms with Gasteiger partial charge in [-0.25, -0.2) is 15.0 Å². The van der Waals surface area contributed by atoms with E-state index in [1.807, 2.05) is 5.43 Å². The van der Waals surface area contributed by atoms with E-state index >= 15 is 0 Å². The third-order valence-corrected chi connectivity index (χ3v) is 1.99. The molecule has 1 unspecified atom stereocenters. The molecule has 1 aliphatic heterocycles. The number of carbonyl (C=O) groups excluding carboxylic acids is 3. The third kappa shape index (κ3) is 2.22. The number of amides is 5. The number of urea groups is 2. The summed E-state index contributed by atoms with van der Waals surface area (Å²) in [6, 6.07) is -1.44. The van der Waals surface area contributed by atoms with E-state index in [1.165, 1.54) is 0 Å². The number of nitrogens with zero attached hydrogens (tertiary/aromatic N) is 1. The van der Waals surface area contributed by atoms with Crippen LogP contribution in [0.1, 0.15) is 13.3 Å². The van der Waals surface area contributed by atoms with Crippen LogP contribution >= 0.6 is 0 Å². The third-order valence-electron chi connectivity index (χ3n) is 1.99. The van der Waals surface area contributed by atoms with Crippen LogP contribution in [0.3, 0.4) is 0 Å². The highest BCUT2D eigenvalue weighted by molar-refractivity contribution is 6.16. The normalized spacial score (nSPS) is 25.1. The summed E-state index contributed by atoms with van der Waals surface area (Å²) in [5.74, 6) is -0.509. The van der Waals surface area contributed by atoms with Gasteiger partial charge in [0.05, 0.1) is 6.21 Å². The van der Waals surface area contributed by atoms with Gasteiger partial charge in [-0.05, 0) is 6.42 Å². The first-order valence-corrected chi connectivity index (χ1v) is 4.23. The lowest BCUT2D eigenvalue weighted by atomic mass is 9.99. The Labute approximate surface area is 85.3 Å². The maximum Gasteiger partial charge on any atom is 0.332 e. The van der Waals surface area contributed by atoms with Crippen molar-refractivity contribution < 1.29 is 14.4 Å². The largest absolute Gasteiger partial charge is 0.350 e. The van der Waals surface area contributed by atoms with Gasteiger partial charge in [-0.3, -0.25) is 10.1 Å². The van der Waals surface area contributed by atoms with Crippen LogP contribution in [0, 0.1) is 0 Å². The van der Waals surface area contributed by atoms with Crippen molar-refractivity contribution in [2.24, 2.45) is 10.8 Å². The van der Waals surface area contributed by atoms with Crippen LogP contribution in [0.2, 0.25) is 0 Å². The maximum absolute atomic E-state index is 11.4. The van der Waals surface area contributed by atoms with Crippen LogP contribution in [-0.2, 0) is 4.79 Å². The molecule has 0 saturated carbocycles. The molecule has 1 aliphatic rings. The summed E-state index contributed by atoms with van der Waals surface area (Å²) in [7, 11) is 0. The van der Waals surface area contributed by atoms with Crippen LogP contribution in [0.25, 0.3) is 0 Å². The van der Waals surface area contributed by atoms with E-state index < -0.39 is 23.5 Å². The average molecular weight is 213 g/mol. The van der Waals surface area contributed by atoms with Gasteiger partial charge in [-0.1, -0.05) is 6.92 Å². The van der Waals surface area contributed by atoms with Gasteiger partial charge in [-0.2, -0.15) is 5.10 Å². The molecule has 1 fully saturated rings. The molecule has 0 spiro atoms. The minimum atomic E-state index is -1.21. The molecule has 5 N–H and O–H groups in total. The van der Waals surface area contributed by atoms with Crippen molar-refractivity contribution in [1.29, 1.82) is 0 Å². The van der Waals surface area contributed by atoms with E-state index in [9.17, 15) is 14.4 Å². The van der Waals surface area contributed by atoms with Crippen LogP contribution in [0.5, 0.6) is 0 Å². The molecule has 82 valence electrons. The van der Waals surface area contributed by atoms with Gasteiger partial charge in [-0.15, -0.1) is 0 Å². The monoisotopic (exact) mass is 213 g/mol. The van der Waals surface area contributed by atoms with E-state index in [1.54, 1.807) is 6.92 Å². The first kappa shape index (κ1) is 11.0. The maximum atomic E-state index is 11.4. The van der Waals surface area contributed by atoms with Crippen LogP contribution in [-0.4, -0.2) is 29.7 Å². The van der Waals surface area contributed by atoms with E-state index in [-0.39, 0.29) is 0 Å². The fourth-order valence-corrected chi connectivity index (χ4v) is 1.14. The molecular formula is C7H11N5O3. The molecule has 0 aromatic rings. The minimum Gasteiger partial charge on any atom is -0.350 e. The summed E-state index contributed by atoms with van der Waals surface area (Å²) < 4.78 is 0. The van der Waals surface area contributed by atoms with Gasteiger partial charge in [0.25, 0.3) is 5.91 Å². The molecule has 0 bridgehead atoms. The molecule has 0 aromatic heterocycles. The Morgan fingerprint density at radius 3 is 2.73 bits per heavy atom. The molecule has 0 aliphatic carbocycles. The number of hydrazone groups is 1. The van der Waals surface area contributed by atoms with Crippen molar-refractivity contribution in [3.05, 3.63) is 0 Å². The van der Waals surface area contributed by atoms with Crippen LogP contribution in [0.15, 0.2) is 5.10 Å². The zero-order valence-electron chi connectivity index (χ0n) is 8.03. The molecule has 8 heteroatoms. The van der Waals surface area contributed by atoms with Gasteiger partial charge < -0.3 is 11.1 Å². The van der Waals surface area contributed by atoms with Gasteiger partial charge in [0.2, 0.25) is 0 Å². The van der Waals surface area contributed by atoms with Crippen molar-refractivity contribution in [1.82, 2.24) is 16.1 Å². The standard InChI is InChI=1S/C7H11N5O3/c1-2-7(3-9-12-5(8)14)4(13)10-6(15)11-7/h3H,2H2,1H3,(H3,8,12,14)(H2,10,11,13,15)/b9-3+. The fourth-order valence-electron chi connectivity index (χ4n) is 1.14. The minimum absolute atomic E-state index is 0.314. The van der Waals surface area contributed by atoms with Crippen molar-refractivity contribution >= 4 is 24.2 Å². The van der Waals surface area contributed by atoms with Crippen molar-refractivity contribution in [3.63, 3.8) is 0 Å². The molecule has 1 heterocycles. The molecule has 1 atom stereocenters. The fraction of sp³-hybridized carbons (Fsp3) is 0.429. The number of carbonyl (C=O) groups is 3. The first-order valence-electron chi connectivity index (χ1n) is 4.23. The Bertz CT molecular complexity index is 340. The van der Waals surface area contributed by atoms with Gasteiger partial charge in [0.1, 0.15) is 0 Å². The summed E-state index contributed by atoms with van der Waals surface area (Å²) in [5, 5.41) is 7.93. The molecule has 1 saturated heterocycles. The average Bonchev–Trinajstić information content (AvgIpc) is 2.41. The van der Waals surface area contributed by atoms with E-state index in [0.29, 0.717) is 6.42 Å². The number of nitrogens with one attached hydrogen (secondary N) is 3. The number of hydrogen-bond acceptors (Lipinski definition) is 4. The lowest BCUT2D eigenvalue weighted by molar-refractivity contribution is -0.121. The number of imide groups is 1. The number of rotatable bonds is 3. The highest BCUT2D eigenvalue weighted by Crippen LogP contribution is 2.12. The van der Waals surface area contributed by atoms with Gasteiger partial charge >= 0.3 is 12.1 Å². The lowest BCUT2D eigenvalue weighted by Gasteiger charge is -2.17. The molecule has 1 rings (SSSR count). The highest BCUT2D eigenvalue weighted by Gasteiger charge is 2.43. The second kappa shape index (κ2) is 3.95. The summed E-state index contributed by atoms with van der Waals surface area (Å²) in [5.41, 5.74) is 5.51. The molecule has 0 radical (unpaired) electrons. The number of nitrogens with two attached hydrogens (primary N) is 1. The SMILES string of the molecule is CCC1(/C=N/NC(N)=O)NC(=O)NC1=O. The molecule has 0 aromatic carbocycles. The summed E-state index contributed by atoms with van der Waals surface area (Å²) in [4.78, 5) is 32.6. The van der Waals surface area contributed by atoms with Gasteiger partial charge in [0.15, 0.2) is 5.54 Å². The number of hydrogen-bond donors (Lipinski definition) is 4. The summed E-state index contributed by atoms with van der Waals surface area (Å²) in [6.07, 6.45) is 1.45. The molecule has 15 heavy (non-hydrogen) atoms. The van der Waals surface area contributed by atoms with Crippen molar-refractivity contribution in [3.8, 4) is 0 Å². The topological polar surface area (TPSA) is 126 Å². The van der Waals surface area contributed by atoms with E-state index in [0.717, 1.165) is 6.21 Å². The quantitative estimate of drug-likeness (QED) is 0.262. The Balaban J connectivity index is 2.77. The Morgan fingerprint density at radius 1 is 1.67 bits per heavy atom. The van der Waals surface area contributed by atoms with E-state index in [2.05, 4.69) is 15.7 Å². The van der Waals surface area contributed by atoms with Crippen LogP contribution in [0.4, 0.5) is 9.59 Å². The Morgan fingerprint density at radius 2 is 2.33 bits per heavy atom. The zero-order valence-corrected chi connectivity index (χ0v) is 8.03. The zero-order chi connectivity index (χ0) is 11.5. The summed E-state index contributed by atoms with van der Waals surface area (Å²) in [6.45, 7) is 1.70. The predicted octanol–water partition coefficient (Wildman–Crippen LogP) is -1.37. The molecule has 8 nitrogen and oxygen atoms in total. The highest BCUT2D eigenvalue weighted by atomic mass is 16.2. The Hall–Kier alpha value is -2.12. The second-order valence-electron chi connectivity index (χ2n) is 2.97. The van der Waals surface area contributed by atoms with E-state index in [4.69, 9.17) is 5.73 Å². The molecule has 5 amide bonds. The van der Waals surface area contributed by atoms with Crippen molar-refractivity contribution in [2.45, 2.75) is 18.9 Å². The first-order chi connectivity index (χ1) is 7.00. The smallest absolute Gasteiger partial charge is 0.332 e. The second-order valence-corrected chi connectivity index (χ2v) is 2.97. The van der Waals surface area contributed by atoms with Crippen LogP contribution < -0.4 is 21.8 Å². The lowest BCUT2D eigenvalue weighted by Crippen LogP contribution is -2.48. The molecular weight excluding hydrogens is 202 g/mol. The van der Waals surface area contributed by atoms with Gasteiger partial charge in [0, 0.05) is 0 Å². The Kier molecular flexibility index (Phi) is 2.88.